The highest BCUT2D eigenvalue weighted by molar-refractivity contribution is 5.93. The quantitative estimate of drug-likeness (QED) is 0.748. The minimum absolute atomic E-state index is 0.0677. The Morgan fingerprint density at radius 2 is 1.78 bits per heavy atom. The number of hydrogen-bond acceptors (Lipinski definition) is 4. The smallest absolute Gasteiger partial charge is 0.269 e. The summed E-state index contributed by atoms with van der Waals surface area (Å²) < 4.78 is 5.38. The number of nitrogens with zero attached hydrogens (tertiary/aromatic N) is 6. The van der Waals surface area contributed by atoms with Crippen LogP contribution in [0.25, 0.3) is 11.3 Å². The zero-order valence-electron chi connectivity index (χ0n) is 17.0. The lowest BCUT2D eigenvalue weighted by Gasteiger charge is -2.15. The van der Waals surface area contributed by atoms with Gasteiger partial charge in [-0.25, -0.2) is 0 Å². The second kappa shape index (κ2) is 7.02. The van der Waals surface area contributed by atoms with Gasteiger partial charge < -0.3 is 5.32 Å². The Labute approximate surface area is 159 Å². The molecule has 0 fully saturated rings. The molecule has 1 atom stereocenters. The molecule has 8 heteroatoms. The zero-order chi connectivity index (χ0) is 19.9. The van der Waals surface area contributed by atoms with Crippen LogP contribution in [0.5, 0.6) is 0 Å². The first kappa shape index (κ1) is 18.9. The molecule has 0 saturated carbocycles. The Kier molecular flexibility index (Phi) is 4.91. The van der Waals surface area contributed by atoms with Crippen molar-refractivity contribution in [2.45, 2.75) is 40.7 Å². The largest absolute Gasteiger partial charge is 0.349 e. The van der Waals surface area contributed by atoms with Crippen molar-refractivity contribution in [3.8, 4) is 11.3 Å². The monoisotopic (exact) mass is 369 g/mol. The van der Waals surface area contributed by atoms with Crippen LogP contribution in [0.2, 0.25) is 0 Å². The Bertz CT molecular complexity index is 992. The predicted molar refractivity (Wildman–Crippen MR) is 104 cm³/mol. The van der Waals surface area contributed by atoms with E-state index < -0.39 is 0 Å². The Balaban J connectivity index is 1.76. The maximum Gasteiger partial charge on any atom is 0.269 e. The Hall–Kier alpha value is -2.90. The number of amides is 1. The summed E-state index contributed by atoms with van der Waals surface area (Å²) in [6.07, 6.45) is 0. The van der Waals surface area contributed by atoms with E-state index >= 15 is 0 Å². The Morgan fingerprint density at radius 1 is 1.07 bits per heavy atom. The van der Waals surface area contributed by atoms with Gasteiger partial charge in [0.1, 0.15) is 5.69 Å². The second-order valence-electron chi connectivity index (χ2n) is 7.14. The standard InChI is InChI=1S/C19H27N7O/c1-11-8-12(2)26(21-11)13(3)10-20-19(27)17-9-16(23-25(17)7)18-14(4)22-24(6)15(18)5/h8-9,13H,10H2,1-7H3,(H,20,27)/t13-/m1/s1. The number of nitrogens with one attached hydrogen (secondary N) is 1. The van der Waals surface area contributed by atoms with Crippen molar-refractivity contribution in [2.24, 2.45) is 14.1 Å². The average Bonchev–Trinajstić information content (AvgIpc) is 3.21. The van der Waals surface area contributed by atoms with Crippen molar-refractivity contribution in [3.63, 3.8) is 0 Å². The van der Waals surface area contributed by atoms with Crippen LogP contribution >= 0.6 is 0 Å². The molecule has 0 aliphatic rings. The maximum absolute atomic E-state index is 12.7. The SMILES string of the molecule is Cc1cc(C)n([C@H](C)CNC(=O)c2cc(-c3c(C)nn(C)c3C)nn2C)n1. The van der Waals surface area contributed by atoms with Crippen LogP contribution in [-0.4, -0.2) is 41.8 Å². The molecule has 1 amide bonds. The second-order valence-corrected chi connectivity index (χ2v) is 7.14. The van der Waals surface area contributed by atoms with Gasteiger partial charge in [0.2, 0.25) is 0 Å². The number of hydrogen-bond donors (Lipinski definition) is 1. The predicted octanol–water partition coefficient (Wildman–Crippen LogP) is 2.24. The molecule has 0 unspecified atom stereocenters. The first-order valence-corrected chi connectivity index (χ1v) is 9.04. The molecule has 0 spiro atoms. The highest BCUT2D eigenvalue weighted by Gasteiger charge is 2.20. The van der Waals surface area contributed by atoms with Crippen molar-refractivity contribution in [1.82, 2.24) is 34.7 Å². The molecular weight excluding hydrogens is 342 g/mol. The molecule has 144 valence electrons. The highest BCUT2D eigenvalue weighted by Crippen LogP contribution is 2.25. The van der Waals surface area contributed by atoms with Crippen molar-refractivity contribution in [3.05, 3.63) is 40.6 Å². The van der Waals surface area contributed by atoms with Gasteiger partial charge in [0.05, 0.1) is 23.1 Å². The summed E-state index contributed by atoms with van der Waals surface area (Å²) in [7, 11) is 3.69. The molecule has 0 aromatic carbocycles. The summed E-state index contributed by atoms with van der Waals surface area (Å²) in [6.45, 7) is 10.5. The molecule has 1 N–H and O–H groups in total. The number of aromatic nitrogens is 6. The lowest BCUT2D eigenvalue weighted by molar-refractivity contribution is 0.0938. The van der Waals surface area contributed by atoms with Crippen molar-refractivity contribution < 1.29 is 4.79 Å². The van der Waals surface area contributed by atoms with Gasteiger partial charge in [-0.3, -0.25) is 18.8 Å². The van der Waals surface area contributed by atoms with Gasteiger partial charge in [-0.1, -0.05) is 0 Å². The Morgan fingerprint density at radius 3 is 2.33 bits per heavy atom. The van der Waals surface area contributed by atoms with E-state index in [4.69, 9.17) is 0 Å². The summed E-state index contributed by atoms with van der Waals surface area (Å²) >= 11 is 0. The summed E-state index contributed by atoms with van der Waals surface area (Å²) in [5.41, 5.74) is 6.24. The zero-order valence-corrected chi connectivity index (χ0v) is 17.0. The van der Waals surface area contributed by atoms with Crippen LogP contribution in [0.15, 0.2) is 12.1 Å². The van der Waals surface area contributed by atoms with Gasteiger partial charge >= 0.3 is 0 Å². The fourth-order valence-corrected chi connectivity index (χ4v) is 3.46. The normalized spacial score (nSPS) is 12.4. The molecule has 3 rings (SSSR count). The minimum atomic E-state index is -0.149. The number of aryl methyl sites for hydroxylation is 5. The lowest BCUT2D eigenvalue weighted by Crippen LogP contribution is -2.31. The van der Waals surface area contributed by atoms with Crippen molar-refractivity contribution in [1.29, 1.82) is 0 Å². The van der Waals surface area contributed by atoms with Crippen LogP contribution in [0.1, 0.15) is 46.2 Å². The van der Waals surface area contributed by atoms with Gasteiger partial charge in [-0.05, 0) is 46.8 Å². The van der Waals surface area contributed by atoms with E-state index in [0.717, 1.165) is 34.0 Å². The topological polar surface area (TPSA) is 82.6 Å². The molecule has 0 radical (unpaired) electrons. The molecule has 0 aliphatic carbocycles. The van der Waals surface area contributed by atoms with Gasteiger partial charge in [0, 0.05) is 37.6 Å². The van der Waals surface area contributed by atoms with Crippen LogP contribution in [0.4, 0.5) is 0 Å². The number of carbonyl (C=O) groups is 1. The van der Waals surface area contributed by atoms with Crippen molar-refractivity contribution >= 4 is 5.91 Å². The first-order valence-electron chi connectivity index (χ1n) is 9.04. The van der Waals surface area contributed by atoms with Crippen LogP contribution < -0.4 is 5.32 Å². The fourth-order valence-electron chi connectivity index (χ4n) is 3.46. The van der Waals surface area contributed by atoms with Gasteiger partial charge in [-0.2, -0.15) is 15.3 Å². The summed E-state index contributed by atoms with van der Waals surface area (Å²) in [5.74, 6) is -0.149. The van der Waals surface area contributed by atoms with E-state index in [1.807, 2.05) is 63.2 Å². The third-order valence-corrected chi connectivity index (χ3v) is 4.90. The third-order valence-electron chi connectivity index (χ3n) is 4.90. The summed E-state index contributed by atoms with van der Waals surface area (Å²) in [6, 6.07) is 3.92. The number of rotatable bonds is 5. The fraction of sp³-hybridized carbons (Fsp3) is 0.474. The van der Waals surface area contributed by atoms with Gasteiger partial charge in [-0.15, -0.1) is 0 Å². The summed E-state index contributed by atoms with van der Waals surface area (Å²) in [4.78, 5) is 12.7. The van der Waals surface area contributed by atoms with Crippen molar-refractivity contribution in [2.75, 3.05) is 6.54 Å². The van der Waals surface area contributed by atoms with Crippen LogP contribution in [0.3, 0.4) is 0 Å². The van der Waals surface area contributed by atoms with E-state index in [0.29, 0.717) is 12.2 Å². The molecule has 3 aromatic heterocycles. The number of carbonyl (C=O) groups excluding carboxylic acids is 1. The summed E-state index contributed by atoms with van der Waals surface area (Å²) in [5, 5.41) is 16.4. The van der Waals surface area contributed by atoms with Crippen LogP contribution in [0, 0.1) is 27.7 Å². The maximum atomic E-state index is 12.7. The molecule has 3 heterocycles. The average molecular weight is 369 g/mol. The molecule has 0 aliphatic heterocycles. The highest BCUT2D eigenvalue weighted by atomic mass is 16.2. The molecule has 8 nitrogen and oxygen atoms in total. The molecular formula is C19H27N7O. The molecule has 0 saturated heterocycles. The van der Waals surface area contributed by atoms with E-state index in [9.17, 15) is 4.79 Å². The molecule has 0 bridgehead atoms. The molecule has 3 aromatic rings. The van der Waals surface area contributed by atoms with E-state index in [-0.39, 0.29) is 11.9 Å². The first-order chi connectivity index (χ1) is 12.7. The minimum Gasteiger partial charge on any atom is -0.349 e. The van der Waals surface area contributed by atoms with Gasteiger partial charge in [0.25, 0.3) is 5.91 Å². The van der Waals surface area contributed by atoms with E-state index in [2.05, 4.69) is 20.6 Å². The van der Waals surface area contributed by atoms with Crippen LogP contribution in [-0.2, 0) is 14.1 Å². The third kappa shape index (κ3) is 3.51. The van der Waals surface area contributed by atoms with E-state index in [1.165, 1.54) is 0 Å². The molecule has 27 heavy (non-hydrogen) atoms. The van der Waals surface area contributed by atoms with E-state index in [1.54, 1.807) is 11.7 Å². The lowest BCUT2D eigenvalue weighted by atomic mass is 10.1. The van der Waals surface area contributed by atoms with Gasteiger partial charge in [0.15, 0.2) is 0 Å².